The second-order valence-corrected chi connectivity index (χ2v) is 5.39. The number of pyridine rings is 1. The number of aromatic nitrogens is 1. The number of aryl methyl sites for hydroxylation is 1. The lowest BCUT2D eigenvalue weighted by Crippen LogP contribution is -2.02. The zero-order chi connectivity index (χ0) is 10.1. The van der Waals surface area contributed by atoms with Crippen molar-refractivity contribution in [2.45, 2.75) is 36.9 Å². The molecule has 0 bridgehead atoms. The van der Waals surface area contributed by atoms with E-state index in [1.54, 1.807) is 0 Å². The molecule has 1 aromatic rings. The van der Waals surface area contributed by atoms with Gasteiger partial charge < -0.3 is 5.73 Å². The second kappa shape index (κ2) is 3.89. The summed E-state index contributed by atoms with van der Waals surface area (Å²) < 4.78 is 0. The Balaban J connectivity index is 2.27. The maximum absolute atomic E-state index is 5.89. The highest BCUT2D eigenvalue weighted by atomic mass is 79.9. The summed E-state index contributed by atoms with van der Waals surface area (Å²) in [5.41, 5.74) is 8.33. The van der Waals surface area contributed by atoms with Crippen molar-refractivity contribution in [2.75, 3.05) is 5.73 Å². The molecule has 1 aromatic heterocycles. The van der Waals surface area contributed by atoms with E-state index in [9.17, 15) is 0 Å². The normalized spacial score (nSPS) is 26.7. The molecule has 2 nitrogen and oxygen atoms in total. The fourth-order valence-corrected chi connectivity index (χ4v) is 2.85. The van der Waals surface area contributed by atoms with Gasteiger partial charge in [-0.25, -0.2) is 4.98 Å². The standard InChI is InChI=1S/C11H15BrN2/c1-7-4-10(11(13)14-6-7)8-2-3-9(12)5-8/h4,6,8-9H,2-3,5H2,1H3,(H2,13,14). The molecule has 1 aliphatic rings. The average Bonchev–Trinajstić information content (AvgIpc) is 2.56. The molecule has 0 aromatic carbocycles. The number of nitrogen functional groups attached to an aromatic ring is 1. The number of nitrogens with two attached hydrogens (primary N) is 1. The highest BCUT2D eigenvalue weighted by Crippen LogP contribution is 2.39. The first-order valence-corrected chi connectivity index (χ1v) is 5.94. The van der Waals surface area contributed by atoms with E-state index in [1.165, 1.54) is 30.4 Å². The van der Waals surface area contributed by atoms with Gasteiger partial charge in [0.2, 0.25) is 0 Å². The predicted molar refractivity (Wildman–Crippen MR) is 62.7 cm³/mol. The van der Waals surface area contributed by atoms with Gasteiger partial charge in [0.05, 0.1) is 0 Å². The number of halogens is 1. The lowest BCUT2D eigenvalue weighted by atomic mass is 9.97. The molecule has 0 spiro atoms. The van der Waals surface area contributed by atoms with E-state index in [0.717, 1.165) is 0 Å². The van der Waals surface area contributed by atoms with Crippen LogP contribution in [0.25, 0.3) is 0 Å². The van der Waals surface area contributed by atoms with E-state index in [-0.39, 0.29) is 0 Å². The van der Waals surface area contributed by atoms with Gasteiger partial charge in [0.1, 0.15) is 5.82 Å². The Morgan fingerprint density at radius 2 is 2.29 bits per heavy atom. The molecule has 1 heterocycles. The number of anilines is 1. The van der Waals surface area contributed by atoms with Crippen molar-refractivity contribution < 1.29 is 0 Å². The van der Waals surface area contributed by atoms with Gasteiger partial charge in [-0.2, -0.15) is 0 Å². The quantitative estimate of drug-likeness (QED) is 0.783. The van der Waals surface area contributed by atoms with Crippen molar-refractivity contribution >= 4 is 21.7 Å². The zero-order valence-corrected chi connectivity index (χ0v) is 9.92. The van der Waals surface area contributed by atoms with Gasteiger partial charge in [0.15, 0.2) is 0 Å². The van der Waals surface area contributed by atoms with Crippen molar-refractivity contribution in [3.05, 3.63) is 23.4 Å². The first-order valence-electron chi connectivity index (χ1n) is 5.03. The molecule has 2 N–H and O–H groups in total. The van der Waals surface area contributed by atoms with E-state index in [0.29, 0.717) is 16.6 Å². The Morgan fingerprint density at radius 1 is 1.50 bits per heavy atom. The summed E-state index contributed by atoms with van der Waals surface area (Å²) in [6, 6.07) is 2.18. The van der Waals surface area contributed by atoms with Crippen LogP contribution in [-0.2, 0) is 0 Å². The largest absolute Gasteiger partial charge is 0.383 e. The molecule has 3 heteroatoms. The maximum Gasteiger partial charge on any atom is 0.126 e. The number of rotatable bonds is 1. The summed E-state index contributed by atoms with van der Waals surface area (Å²) in [5.74, 6) is 1.31. The molecule has 1 aliphatic carbocycles. The fourth-order valence-electron chi connectivity index (χ4n) is 2.14. The predicted octanol–water partition coefficient (Wildman–Crippen LogP) is 3.00. The summed E-state index contributed by atoms with van der Waals surface area (Å²) >= 11 is 3.66. The second-order valence-electron chi connectivity index (χ2n) is 4.09. The average molecular weight is 255 g/mol. The van der Waals surface area contributed by atoms with Crippen LogP contribution in [0.5, 0.6) is 0 Å². The lowest BCUT2D eigenvalue weighted by molar-refractivity contribution is 0.723. The fraction of sp³-hybridized carbons (Fsp3) is 0.545. The Labute approximate surface area is 93.0 Å². The Bertz CT molecular complexity index is 338. The summed E-state index contributed by atoms with van der Waals surface area (Å²) in [6.45, 7) is 2.07. The smallest absolute Gasteiger partial charge is 0.126 e. The number of hydrogen-bond acceptors (Lipinski definition) is 2. The summed E-state index contributed by atoms with van der Waals surface area (Å²) in [5, 5.41) is 0. The van der Waals surface area contributed by atoms with Crippen molar-refractivity contribution in [2.24, 2.45) is 0 Å². The molecule has 1 saturated carbocycles. The Morgan fingerprint density at radius 3 is 2.93 bits per heavy atom. The van der Waals surface area contributed by atoms with Gasteiger partial charge in [-0.05, 0) is 43.2 Å². The highest BCUT2D eigenvalue weighted by molar-refractivity contribution is 9.09. The van der Waals surface area contributed by atoms with Crippen molar-refractivity contribution in [3.63, 3.8) is 0 Å². The molecule has 0 aliphatic heterocycles. The minimum Gasteiger partial charge on any atom is -0.383 e. The van der Waals surface area contributed by atoms with Crippen LogP contribution in [0, 0.1) is 6.92 Å². The molecule has 2 atom stereocenters. The van der Waals surface area contributed by atoms with Crippen LogP contribution in [0.4, 0.5) is 5.82 Å². The van der Waals surface area contributed by atoms with Gasteiger partial charge in [-0.3, -0.25) is 0 Å². The van der Waals surface area contributed by atoms with Gasteiger partial charge >= 0.3 is 0 Å². The van der Waals surface area contributed by atoms with Crippen LogP contribution in [0.1, 0.15) is 36.3 Å². The molecule has 2 unspecified atom stereocenters. The van der Waals surface area contributed by atoms with Gasteiger partial charge in [-0.15, -0.1) is 0 Å². The van der Waals surface area contributed by atoms with E-state index in [4.69, 9.17) is 5.73 Å². The summed E-state index contributed by atoms with van der Waals surface area (Å²) in [6.07, 6.45) is 5.50. The van der Waals surface area contributed by atoms with Crippen LogP contribution in [0.3, 0.4) is 0 Å². The van der Waals surface area contributed by atoms with Crippen molar-refractivity contribution in [1.82, 2.24) is 4.98 Å². The third kappa shape index (κ3) is 1.92. The van der Waals surface area contributed by atoms with Crippen LogP contribution in [0.2, 0.25) is 0 Å². The number of nitrogens with zero attached hydrogens (tertiary/aromatic N) is 1. The molecular weight excluding hydrogens is 240 g/mol. The first kappa shape index (κ1) is 9.97. The third-order valence-corrected chi connectivity index (χ3v) is 3.73. The number of alkyl halides is 1. The van der Waals surface area contributed by atoms with Crippen LogP contribution < -0.4 is 5.73 Å². The van der Waals surface area contributed by atoms with Gasteiger partial charge in [0, 0.05) is 11.0 Å². The van der Waals surface area contributed by atoms with E-state index < -0.39 is 0 Å². The van der Waals surface area contributed by atoms with Crippen LogP contribution >= 0.6 is 15.9 Å². The van der Waals surface area contributed by atoms with E-state index in [1.807, 2.05) is 6.20 Å². The lowest BCUT2D eigenvalue weighted by Gasteiger charge is -2.12. The topological polar surface area (TPSA) is 38.9 Å². The molecule has 1 fully saturated rings. The van der Waals surface area contributed by atoms with Crippen LogP contribution in [-0.4, -0.2) is 9.81 Å². The molecule has 0 amide bonds. The number of hydrogen-bond donors (Lipinski definition) is 1. The van der Waals surface area contributed by atoms with Crippen molar-refractivity contribution in [1.29, 1.82) is 0 Å². The molecule has 0 radical (unpaired) electrons. The first-order chi connectivity index (χ1) is 6.66. The van der Waals surface area contributed by atoms with Crippen molar-refractivity contribution in [3.8, 4) is 0 Å². The van der Waals surface area contributed by atoms with E-state index >= 15 is 0 Å². The Hall–Kier alpha value is -0.570. The third-order valence-electron chi connectivity index (χ3n) is 2.89. The molecule has 14 heavy (non-hydrogen) atoms. The zero-order valence-electron chi connectivity index (χ0n) is 8.33. The summed E-state index contributed by atoms with van der Waals surface area (Å²) in [7, 11) is 0. The molecule has 2 rings (SSSR count). The van der Waals surface area contributed by atoms with E-state index in [2.05, 4.69) is 33.9 Å². The molecule has 76 valence electrons. The van der Waals surface area contributed by atoms with Gasteiger partial charge in [-0.1, -0.05) is 22.0 Å². The minimum absolute atomic E-state index is 0.603. The summed E-state index contributed by atoms with van der Waals surface area (Å²) in [4.78, 5) is 4.87. The minimum atomic E-state index is 0.603. The highest BCUT2D eigenvalue weighted by Gasteiger charge is 2.25. The van der Waals surface area contributed by atoms with Gasteiger partial charge in [0.25, 0.3) is 0 Å². The monoisotopic (exact) mass is 254 g/mol. The molecule has 0 saturated heterocycles. The van der Waals surface area contributed by atoms with Crippen LogP contribution in [0.15, 0.2) is 12.3 Å². The SMILES string of the molecule is Cc1cnc(N)c(C2CCC(Br)C2)c1. The molecular formula is C11H15BrN2. The maximum atomic E-state index is 5.89. The Kier molecular flexibility index (Phi) is 2.77.